The summed E-state index contributed by atoms with van der Waals surface area (Å²) in [6, 6.07) is 7.68. The number of nitrogens with zero attached hydrogens (tertiary/aromatic N) is 2. The molecule has 1 aromatic heterocycles. The summed E-state index contributed by atoms with van der Waals surface area (Å²) in [5, 5.41) is 7.39. The number of methoxy groups -OCH3 is 1. The van der Waals surface area contributed by atoms with Crippen LogP contribution in [0.15, 0.2) is 24.3 Å². The van der Waals surface area contributed by atoms with E-state index in [2.05, 4.69) is 10.4 Å². The Hall–Kier alpha value is -2.58. The van der Waals surface area contributed by atoms with E-state index in [9.17, 15) is 4.79 Å². The number of carbonyl (C=O) groups is 1. The molecule has 2 aromatic rings. The van der Waals surface area contributed by atoms with Gasteiger partial charge in [-0.15, -0.1) is 0 Å². The van der Waals surface area contributed by atoms with Gasteiger partial charge in [0.05, 0.1) is 24.2 Å². The van der Waals surface area contributed by atoms with Crippen LogP contribution in [0.3, 0.4) is 0 Å². The zero-order valence-electron chi connectivity index (χ0n) is 17.9. The van der Waals surface area contributed by atoms with Crippen molar-refractivity contribution >= 4 is 11.6 Å². The molecule has 0 spiro atoms. The van der Waals surface area contributed by atoms with Gasteiger partial charge in [-0.05, 0) is 38.1 Å². The van der Waals surface area contributed by atoms with Gasteiger partial charge in [0.1, 0.15) is 50.8 Å². The number of nitrogens with one attached hydrogen (secondary N) is 3. The lowest BCUT2D eigenvalue weighted by Gasteiger charge is -2.29. The van der Waals surface area contributed by atoms with E-state index in [1.807, 2.05) is 45.2 Å². The molecule has 29 heavy (non-hydrogen) atoms. The number of ether oxygens (including phenoxy) is 2. The molecular weight excluding hydrogens is 370 g/mol. The number of rotatable bonds is 8. The second-order valence-corrected chi connectivity index (χ2v) is 7.67. The maximum Gasteiger partial charge on any atom is 0.279 e. The number of piperazine rings is 1. The molecule has 158 valence electrons. The number of benzene rings is 1. The van der Waals surface area contributed by atoms with Gasteiger partial charge in [-0.3, -0.25) is 9.48 Å². The molecule has 2 heterocycles. The van der Waals surface area contributed by atoms with Crippen LogP contribution >= 0.6 is 0 Å². The average molecular weight is 404 g/mol. The van der Waals surface area contributed by atoms with Crippen molar-refractivity contribution in [3.8, 4) is 11.5 Å². The van der Waals surface area contributed by atoms with Gasteiger partial charge in [-0.25, -0.2) is 0 Å². The Morgan fingerprint density at radius 3 is 2.31 bits per heavy atom. The highest BCUT2D eigenvalue weighted by atomic mass is 16.5. The first-order chi connectivity index (χ1) is 14.0. The van der Waals surface area contributed by atoms with Crippen molar-refractivity contribution in [1.82, 2.24) is 9.78 Å². The third-order valence-corrected chi connectivity index (χ3v) is 5.63. The molecule has 8 nitrogen and oxygen atoms in total. The lowest BCUT2D eigenvalue weighted by atomic mass is 10.3. The summed E-state index contributed by atoms with van der Waals surface area (Å²) in [6.07, 6.45) is 0. The summed E-state index contributed by atoms with van der Waals surface area (Å²) >= 11 is 0. The molecule has 3 N–H and O–H groups in total. The molecule has 0 saturated carbocycles. The summed E-state index contributed by atoms with van der Waals surface area (Å²) in [5.74, 6) is 1.76. The van der Waals surface area contributed by atoms with Crippen LogP contribution in [0.25, 0.3) is 0 Å². The van der Waals surface area contributed by atoms with Crippen molar-refractivity contribution in [2.24, 2.45) is 7.05 Å². The predicted molar refractivity (Wildman–Crippen MR) is 111 cm³/mol. The van der Waals surface area contributed by atoms with Gasteiger partial charge >= 0.3 is 0 Å². The smallest absolute Gasteiger partial charge is 0.279 e. The third kappa shape index (κ3) is 5.71. The highest BCUT2D eigenvalue weighted by molar-refractivity contribution is 5.92. The molecule has 3 rings (SSSR count). The predicted octanol–water partition coefficient (Wildman–Crippen LogP) is -1.15. The van der Waals surface area contributed by atoms with E-state index >= 15 is 0 Å². The fourth-order valence-corrected chi connectivity index (χ4v) is 3.73. The Morgan fingerprint density at radius 1 is 1.10 bits per heavy atom. The van der Waals surface area contributed by atoms with Gasteiger partial charge < -0.3 is 24.6 Å². The molecule has 0 bridgehead atoms. The van der Waals surface area contributed by atoms with Crippen LogP contribution in [-0.2, 0) is 11.8 Å². The molecule has 1 saturated heterocycles. The van der Waals surface area contributed by atoms with Crippen LogP contribution in [0.5, 0.6) is 11.5 Å². The second-order valence-electron chi connectivity index (χ2n) is 7.67. The molecule has 0 unspecified atom stereocenters. The zero-order valence-corrected chi connectivity index (χ0v) is 17.9. The maximum atomic E-state index is 12.4. The molecule has 1 aromatic carbocycles. The Labute approximate surface area is 172 Å². The highest BCUT2D eigenvalue weighted by Crippen LogP contribution is 2.18. The fraction of sp³-hybridized carbons (Fsp3) is 0.524. The minimum atomic E-state index is 0.0606. The highest BCUT2D eigenvalue weighted by Gasteiger charge is 2.25. The molecule has 1 aliphatic heterocycles. The van der Waals surface area contributed by atoms with Gasteiger partial charge in [0.25, 0.3) is 5.91 Å². The van der Waals surface area contributed by atoms with Crippen LogP contribution in [0.4, 0.5) is 5.69 Å². The molecule has 0 aliphatic carbocycles. The van der Waals surface area contributed by atoms with Gasteiger partial charge in [-0.1, -0.05) is 0 Å². The van der Waals surface area contributed by atoms with Gasteiger partial charge in [0.15, 0.2) is 6.54 Å². The van der Waals surface area contributed by atoms with Crippen molar-refractivity contribution < 1.29 is 24.1 Å². The summed E-state index contributed by atoms with van der Waals surface area (Å²) < 4.78 is 12.8. The van der Waals surface area contributed by atoms with Crippen molar-refractivity contribution in [1.29, 1.82) is 0 Å². The fourth-order valence-electron chi connectivity index (χ4n) is 3.73. The number of hydrogen-bond acceptors (Lipinski definition) is 4. The zero-order chi connectivity index (χ0) is 20.8. The second kappa shape index (κ2) is 9.76. The number of aryl methyl sites for hydroxylation is 2. The Morgan fingerprint density at radius 2 is 1.72 bits per heavy atom. The van der Waals surface area contributed by atoms with E-state index in [1.165, 1.54) is 9.80 Å². The summed E-state index contributed by atoms with van der Waals surface area (Å²) in [6.45, 7) is 10.2. The molecule has 0 radical (unpaired) electrons. The number of hydrogen-bond donors (Lipinski definition) is 3. The SMILES string of the molecule is COc1ccc(OCC[NH+]2CC[NH+](CC(=O)Nc3c(C)nn(C)c3C)CC2)cc1. The molecule has 1 amide bonds. The van der Waals surface area contributed by atoms with E-state index in [-0.39, 0.29) is 5.91 Å². The minimum absolute atomic E-state index is 0.0606. The van der Waals surface area contributed by atoms with Gasteiger partial charge in [-0.2, -0.15) is 5.10 Å². The van der Waals surface area contributed by atoms with Crippen LogP contribution in [0.2, 0.25) is 0 Å². The molecule has 1 fully saturated rings. The molecule has 8 heteroatoms. The van der Waals surface area contributed by atoms with Crippen LogP contribution < -0.4 is 24.6 Å². The van der Waals surface area contributed by atoms with E-state index in [0.717, 1.165) is 61.3 Å². The standard InChI is InChI=1S/C21H31N5O3/c1-16-21(17(2)24(3)23-16)22-20(27)15-26-11-9-25(10-12-26)13-14-29-19-7-5-18(28-4)6-8-19/h5-8H,9-15H2,1-4H3,(H,22,27)/p+2. The van der Waals surface area contributed by atoms with E-state index in [1.54, 1.807) is 11.8 Å². The summed E-state index contributed by atoms with van der Waals surface area (Å²) in [4.78, 5) is 15.3. The summed E-state index contributed by atoms with van der Waals surface area (Å²) in [7, 11) is 3.55. The first-order valence-electron chi connectivity index (χ1n) is 10.2. The van der Waals surface area contributed by atoms with Crippen molar-refractivity contribution in [3.05, 3.63) is 35.7 Å². The number of anilines is 1. The number of amides is 1. The van der Waals surface area contributed by atoms with Gasteiger partial charge in [0, 0.05) is 7.05 Å². The molecule has 1 aliphatic rings. The lowest BCUT2D eigenvalue weighted by Crippen LogP contribution is -3.28. The topological polar surface area (TPSA) is 74.3 Å². The minimum Gasteiger partial charge on any atom is -0.497 e. The Bertz CT molecular complexity index is 810. The molecular formula is C21H33N5O3+2. The van der Waals surface area contributed by atoms with Crippen molar-refractivity contribution in [3.63, 3.8) is 0 Å². The third-order valence-electron chi connectivity index (χ3n) is 5.63. The quantitative estimate of drug-likeness (QED) is 0.520. The number of carbonyl (C=O) groups excluding carboxylic acids is 1. The number of aromatic nitrogens is 2. The Balaban J connectivity index is 1.36. The van der Waals surface area contributed by atoms with E-state index < -0.39 is 0 Å². The largest absolute Gasteiger partial charge is 0.497 e. The normalized spacial score (nSPS) is 19.0. The average Bonchev–Trinajstić information content (AvgIpc) is 2.96. The Kier molecular flexibility index (Phi) is 7.11. The van der Waals surface area contributed by atoms with Crippen LogP contribution in [0, 0.1) is 13.8 Å². The lowest BCUT2D eigenvalue weighted by molar-refractivity contribution is -1.01. The van der Waals surface area contributed by atoms with Crippen LogP contribution in [0.1, 0.15) is 11.4 Å². The van der Waals surface area contributed by atoms with E-state index in [4.69, 9.17) is 9.47 Å². The van der Waals surface area contributed by atoms with Crippen molar-refractivity contribution in [2.45, 2.75) is 13.8 Å². The van der Waals surface area contributed by atoms with Crippen molar-refractivity contribution in [2.75, 3.05) is 58.3 Å². The van der Waals surface area contributed by atoms with Gasteiger partial charge in [0.2, 0.25) is 0 Å². The van der Waals surface area contributed by atoms with Crippen LogP contribution in [-0.4, -0.2) is 68.7 Å². The monoisotopic (exact) mass is 403 g/mol. The first kappa shape index (κ1) is 21.1. The number of quaternary nitrogens is 2. The maximum absolute atomic E-state index is 12.4. The summed E-state index contributed by atoms with van der Waals surface area (Å²) in [5.41, 5.74) is 2.69. The van der Waals surface area contributed by atoms with E-state index in [0.29, 0.717) is 13.2 Å². The molecule has 0 atom stereocenters. The first-order valence-corrected chi connectivity index (χ1v) is 10.2.